The van der Waals surface area contributed by atoms with Crippen LogP contribution in [0.25, 0.3) is 0 Å². The molecule has 2 aliphatic rings. The molecule has 4 heteroatoms. The largest absolute Gasteiger partial charge is 0.310 e. The van der Waals surface area contributed by atoms with Crippen LogP contribution in [0.4, 0.5) is 13.2 Å². The molecule has 1 aromatic carbocycles. The number of fused-ring (bicyclic) bond motifs is 2. The molecule has 1 N–H and O–H groups in total. The molecule has 4 unspecified atom stereocenters. The topological polar surface area (TPSA) is 12.0 Å². The average Bonchev–Trinajstić information content (AvgIpc) is 3.10. The van der Waals surface area contributed by atoms with Crippen molar-refractivity contribution in [1.29, 1.82) is 0 Å². The van der Waals surface area contributed by atoms with Crippen LogP contribution in [-0.4, -0.2) is 6.54 Å². The van der Waals surface area contributed by atoms with Gasteiger partial charge < -0.3 is 5.32 Å². The molecule has 0 spiro atoms. The zero-order valence-electron chi connectivity index (χ0n) is 12.3. The minimum absolute atomic E-state index is 0.199. The lowest BCUT2D eigenvalue weighted by Gasteiger charge is -2.32. The van der Waals surface area contributed by atoms with E-state index in [1.54, 1.807) is 0 Å². The van der Waals surface area contributed by atoms with Crippen LogP contribution in [0.5, 0.6) is 0 Å². The highest BCUT2D eigenvalue weighted by atomic mass is 19.2. The van der Waals surface area contributed by atoms with Crippen LogP contribution in [0.3, 0.4) is 0 Å². The van der Waals surface area contributed by atoms with Gasteiger partial charge >= 0.3 is 0 Å². The van der Waals surface area contributed by atoms with Crippen LogP contribution < -0.4 is 5.32 Å². The van der Waals surface area contributed by atoms with Crippen molar-refractivity contribution in [1.82, 2.24) is 5.32 Å². The van der Waals surface area contributed by atoms with Gasteiger partial charge in [0.05, 0.1) is 0 Å². The first-order valence-corrected chi connectivity index (χ1v) is 7.98. The first kappa shape index (κ1) is 14.9. The highest BCUT2D eigenvalue weighted by molar-refractivity contribution is 5.25. The molecule has 2 bridgehead atoms. The minimum Gasteiger partial charge on any atom is -0.310 e. The number of hydrogen-bond donors (Lipinski definition) is 1. The monoisotopic (exact) mass is 297 g/mol. The van der Waals surface area contributed by atoms with Crippen molar-refractivity contribution in [2.45, 2.75) is 45.1 Å². The summed E-state index contributed by atoms with van der Waals surface area (Å²) < 4.78 is 40.9. The fourth-order valence-electron chi connectivity index (χ4n) is 4.28. The maximum atomic E-state index is 14.2. The Bertz CT molecular complexity index is 517. The summed E-state index contributed by atoms with van der Waals surface area (Å²) in [6.45, 7) is 2.81. The zero-order valence-corrected chi connectivity index (χ0v) is 12.3. The van der Waals surface area contributed by atoms with Crippen molar-refractivity contribution in [2.75, 3.05) is 6.54 Å². The predicted molar refractivity (Wildman–Crippen MR) is 76.3 cm³/mol. The van der Waals surface area contributed by atoms with Gasteiger partial charge in [-0.3, -0.25) is 0 Å². The maximum absolute atomic E-state index is 14.2. The summed E-state index contributed by atoms with van der Waals surface area (Å²) in [4.78, 5) is 0. The normalized spacial score (nSPS) is 29.0. The van der Waals surface area contributed by atoms with Crippen molar-refractivity contribution in [3.63, 3.8) is 0 Å². The molecule has 3 rings (SSSR count). The molecule has 0 radical (unpaired) electrons. The number of hydrogen-bond acceptors (Lipinski definition) is 1. The van der Waals surface area contributed by atoms with E-state index in [0.29, 0.717) is 17.4 Å². The Balaban J connectivity index is 1.90. The van der Waals surface area contributed by atoms with E-state index in [-0.39, 0.29) is 6.04 Å². The Morgan fingerprint density at radius 1 is 1.14 bits per heavy atom. The van der Waals surface area contributed by atoms with Crippen LogP contribution in [0.2, 0.25) is 0 Å². The lowest BCUT2D eigenvalue weighted by atomic mass is 9.80. The van der Waals surface area contributed by atoms with Crippen LogP contribution in [0.15, 0.2) is 12.1 Å². The third-order valence-electron chi connectivity index (χ3n) is 5.24. The van der Waals surface area contributed by atoms with Crippen molar-refractivity contribution >= 4 is 0 Å². The Morgan fingerprint density at radius 2 is 1.95 bits per heavy atom. The Hall–Kier alpha value is -1.03. The lowest BCUT2D eigenvalue weighted by molar-refractivity contribution is 0.244. The van der Waals surface area contributed by atoms with Gasteiger partial charge in [0, 0.05) is 11.6 Å². The van der Waals surface area contributed by atoms with Gasteiger partial charge in [0.2, 0.25) is 0 Å². The van der Waals surface area contributed by atoms with E-state index in [1.165, 1.54) is 25.3 Å². The minimum atomic E-state index is -1.35. The molecule has 0 saturated heterocycles. The SMILES string of the molecule is CCCNC(c1ccc(F)c(F)c1F)C1CC2CCC1C2. The second kappa shape index (κ2) is 5.99. The molecule has 0 heterocycles. The van der Waals surface area contributed by atoms with Crippen LogP contribution >= 0.6 is 0 Å². The highest BCUT2D eigenvalue weighted by Gasteiger charge is 2.44. The van der Waals surface area contributed by atoms with Gasteiger partial charge in [-0.05, 0) is 56.0 Å². The van der Waals surface area contributed by atoms with E-state index >= 15 is 0 Å². The Morgan fingerprint density at radius 3 is 2.57 bits per heavy atom. The second-order valence-electron chi connectivity index (χ2n) is 6.54. The molecule has 116 valence electrons. The summed E-state index contributed by atoms with van der Waals surface area (Å²) in [5.74, 6) is -1.81. The number of rotatable bonds is 5. The van der Waals surface area contributed by atoms with Crippen molar-refractivity contribution in [2.24, 2.45) is 17.8 Å². The van der Waals surface area contributed by atoms with E-state index in [4.69, 9.17) is 0 Å². The van der Waals surface area contributed by atoms with Crippen LogP contribution in [0.1, 0.15) is 50.6 Å². The summed E-state index contributed by atoms with van der Waals surface area (Å²) in [6.07, 6.45) is 5.67. The van der Waals surface area contributed by atoms with Gasteiger partial charge in [0.15, 0.2) is 17.5 Å². The van der Waals surface area contributed by atoms with Gasteiger partial charge in [-0.25, -0.2) is 13.2 Å². The smallest absolute Gasteiger partial charge is 0.194 e. The molecular formula is C17H22F3N. The van der Waals surface area contributed by atoms with Crippen LogP contribution in [0, 0.1) is 35.2 Å². The fourth-order valence-corrected chi connectivity index (χ4v) is 4.28. The third-order valence-corrected chi connectivity index (χ3v) is 5.24. The van der Waals surface area contributed by atoms with Gasteiger partial charge in [-0.15, -0.1) is 0 Å². The molecule has 0 aliphatic heterocycles. The zero-order chi connectivity index (χ0) is 15.0. The van der Waals surface area contributed by atoms with E-state index in [9.17, 15) is 13.2 Å². The van der Waals surface area contributed by atoms with Gasteiger partial charge in [0.1, 0.15) is 0 Å². The van der Waals surface area contributed by atoms with Gasteiger partial charge in [-0.2, -0.15) is 0 Å². The summed E-state index contributed by atoms with van der Waals surface area (Å²) in [7, 11) is 0. The van der Waals surface area contributed by atoms with E-state index < -0.39 is 17.5 Å². The third kappa shape index (κ3) is 2.70. The second-order valence-corrected chi connectivity index (χ2v) is 6.54. The molecule has 0 amide bonds. The highest BCUT2D eigenvalue weighted by Crippen LogP contribution is 2.52. The Kier molecular flexibility index (Phi) is 4.25. The summed E-state index contributed by atoms with van der Waals surface area (Å²) >= 11 is 0. The standard InChI is InChI=1S/C17H22F3N/c1-2-7-21-17(13-9-10-3-4-11(13)8-10)12-5-6-14(18)16(20)15(12)19/h5-6,10-11,13,17,21H,2-4,7-9H2,1H3. The summed E-state index contributed by atoms with van der Waals surface area (Å²) in [6, 6.07) is 2.25. The number of benzene rings is 1. The van der Waals surface area contributed by atoms with Gasteiger partial charge in [0.25, 0.3) is 0 Å². The van der Waals surface area contributed by atoms with Crippen molar-refractivity contribution in [3.8, 4) is 0 Å². The van der Waals surface area contributed by atoms with E-state index in [0.717, 1.165) is 31.4 Å². The van der Waals surface area contributed by atoms with E-state index in [1.807, 2.05) is 6.92 Å². The first-order valence-electron chi connectivity index (χ1n) is 7.98. The molecule has 2 saturated carbocycles. The van der Waals surface area contributed by atoms with Crippen molar-refractivity contribution in [3.05, 3.63) is 35.1 Å². The molecule has 2 fully saturated rings. The molecular weight excluding hydrogens is 275 g/mol. The number of halogens is 3. The van der Waals surface area contributed by atoms with Gasteiger partial charge in [-0.1, -0.05) is 19.4 Å². The van der Waals surface area contributed by atoms with Crippen LogP contribution in [-0.2, 0) is 0 Å². The predicted octanol–water partition coefficient (Wildman–Crippen LogP) is 4.58. The maximum Gasteiger partial charge on any atom is 0.194 e. The molecule has 1 nitrogen and oxygen atoms in total. The molecule has 2 aliphatic carbocycles. The molecule has 0 aromatic heterocycles. The number of nitrogens with one attached hydrogen (secondary N) is 1. The molecule has 21 heavy (non-hydrogen) atoms. The van der Waals surface area contributed by atoms with E-state index in [2.05, 4.69) is 5.32 Å². The fraction of sp³-hybridized carbons (Fsp3) is 0.647. The molecule has 4 atom stereocenters. The summed E-state index contributed by atoms with van der Waals surface area (Å²) in [5, 5.41) is 3.37. The first-order chi connectivity index (χ1) is 10.1. The quantitative estimate of drug-likeness (QED) is 0.784. The Labute approximate surface area is 123 Å². The van der Waals surface area contributed by atoms with Crippen molar-refractivity contribution < 1.29 is 13.2 Å². The average molecular weight is 297 g/mol. The molecule has 1 aromatic rings. The summed E-state index contributed by atoms with van der Waals surface area (Å²) in [5.41, 5.74) is 0.292. The lowest BCUT2D eigenvalue weighted by Crippen LogP contribution is -2.33.